The van der Waals surface area contributed by atoms with E-state index >= 15 is 0 Å². The number of esters is 1. The van der Waals surface area contributed by atoms with Gasteiger partial charge in [-0.1, -0.05) is 36.8 Å². The first kappa shape index (κ1) is 25.5. The SMILES string of the molecule is COC(=O)C1C(CCCB2OC(C)(C)C(C)(C)O2)C(CO)CN1C(=O)OCc1ccccc1. The molecule has 3 atom stereocenters. The van der Waals surface area contributed by atoms with Gasteiger partial charge in [-0.25, -0.2) is 9.59 Å². The maximum atomic E-state index is 12.9. The molecule has 0 saturated carbocycles. The van der Waals surface area contributed by atoms with E-state index in [1.165, 1.54) is 12.0 Å². The molecule has 8 nitrogen and oxygen atoms in total. The van der Waals surface area contributed by atoms with Crippen molar-refractivity contribution in [2.24, 2.45) is 11.8 Å². The second-order valence-electron chi connectivity index (χ2n) is 9.88. The standard InChI is InChI=1S/C24H36BNO7/c1-23(2)24(3,4)33-25(32-23)13-9-12-19-18(15-27)14-26(20(19)21(28)30-5)22(29)31-16-17-10-7-6-8-11-17/h6-8,10-11,18-20,27H,9,12-16H2,1-5H3. The van der Waals surface area contributed by atoms with E-state index in [4.69, 9.17) is 18.8 Å². The van der Waals surface area contributed by atoms with Gasteiger partial charge in [0.1, 0.15) is 12.6 Å². The molecule has 33 heavy (non-hydrogen) atoms. The van der Waals surface area contributed by atoms with Crippen LogP contribution in [-0.2, 0) is 30.2 Å². The van der Waals surface area contributed by atoms with E-state index in [0.29, 0.717) is 12.7 Å². The van der Waals surface area contributed by atoms with Gasteiger partial charge in [0.2, 0.25) is 0 Å². The second-order valence-corrected chi connectivity index (χ2v) is 9.88. The van der Waals surface area contributed by atoms with Crippen LogP contribution in [0.4, 0.5) is 4.79 Å². The lowest BCUT2D eigenvalue weighted by atomic mass is 9.78. The van der Waals surface area contributed by atoms with E-state index in [1.807, 2.05) is 58.0 Å². The minimum Gasteiger partial charge on any atom is -0.467 e. The normalized spacial score (nSPS) is 25.8. The summed E-state index contributed by atoms with van der Waals surface area (Å²) in [6.45, 7) is 8.27. The molecular weight excluding hydrogens is 425 g/mol. The summed E-state index contributed by atoms with van der Waals surface area (Å²) >= 11 is 0. The predicted molar refractivity (Wildman–Crippen MR) is 123 cm³/mol. The molecule has 2 aliphatic heterocycles. The Hall–Kier alpha value is -2.10. The fourth-order valence-corrected chi connectivity index (χ4v) is 4.59. The summed E-state index contributed by atoms with van der Waals surface area (Å²) in [7, 11) is 0.983. The van der Waals surface area contributed by atoms with Crippen LogP contribution in [0.15, 0.2) is 30.3 Å². The predicted octanol–water partition coefficient (Wildman–Crippen LogP) is 3.28. The molecule has 182 valence electrons. The van der Waals surface area contributed by atoms with E-state index in [0.717, 1.165) is 12.0 Å². The van der Waals surface area contributed by atoms with E-state index in [9.17, 15) is 14.7 Å². The second kappa shape index (κ2) is 10.4. The quantitative estimate of drug-likeness (QED) is 0.469. The average molecular weight is 461 g/mol. The van der Waals surface area contributed by atoms with Gasteiger partial charge in [-0.05, 0) is 51.9 Å². The molecule has 0 spiro atoms. The Labute approximate surface area is 196 Å². The van der Waals surface area contributed by atoms with E-state index in [2.05, 4.69) is 0 Å². The van der Waals surface area contributed by atoms with Crippen LogP contribution >= 0.6 is 0 Å². The van der Waals surface area contributed by atoms with Crippen molar-refractivity contribution in [3.05, 3.63) is 35.9 Å². The van der Waals surface area contributed by atoms with Crippen LogP contribution in [0, 0.1) is 11.8 Å². The molecule has 3 rings (SSSR count). The summed E-state index contributed by atoms with van der Waals surface area (Å²) in [5.74, 6) is -0.978. The number of hydrogen-bond acceptors (Lipinski definition) is 7. The molecule has 3 unspecified atom stereocenters. The van der Waals surface area contributed by atoms with Crippen LogP contribution in [0.5, 0.6) is 0 Å². The summed E-state index contributed by atoms with van der Waals surface area (Å²) < 4.78 is 22.6. The first-order valence-electron chi connectivity index (χ1n) is 11.6. The number of rotatable bonds is 8. The minimum atomic E-state index is -0.797. The van der Waals surface area contributed by atoms with E-state index in [-0.39, 0.29) is 38.7 Å². The minimum absolute atomic E-state index is 0.112. The average Bonchev–Trinajstić information content (AvgIpc) is 3.25. The van der Waals surface area contributed by atoms with Gasteiger partial charge in [0.25, 0.3) is 0 Å². The number of likely N-dealkylation sites (tertiary alicyclic amines) is 1. The summed E-state index contributed by atoms with van der Waals surface area (Å²) in [6, 6.07) is 8.56. The van der Waals surface area contributed by atoms with Crippen molar-refractivity contribution in [3.63, 3.8) is 0 Å². The fourth-order valence-electron chi connectivity index (χ4n) is 4.59. The van der Waals surface area contributed by atoms with Crippen molar-refractivity contribution in [3.8, 4) is 0 Å². The number of hydrogen-bond donors (Lipinski definition) is 1. The molecule has 1 N–H and O–H groups in total. The fraction of sp³-hybridized carbons (Fsp3) is 0.667. The van der Waals surface area contributed by atoms with Gasteiger partial charge in [0.05, 0.1) is 18.3 Å². The molecule has 0 bridgehead atoms. The van der Waals surface area contributed by atoms with Gasteiger partial charge < -0.3 is 23.9 Å². The topological polar surface area (TPSA) is 94.5 Å². The number of nitrogens with zero attached hydrogens (tertiary/aromatic N) is 1. The Kier molecular flexibility index (Phi) is 8.08. The number of carbonyl (C=O) groups is 2. The lowest BCUT2D eigenvalue weighted by Crippen LogP contribution is -2.44. The van der Waals surface area contributed by atoms with E-state index in [1.54, 1.807) is 0 Å². The van der Waals surface area contributed by atoms with Crippen LogP contribution in [-0.4, -0.2) is 66.7 Å². The van der Waals surface area contributed by atoms with Crippen LogP contribution in [0.1, 0.15) is 46.1 Å². The number of carbonyl (C=O) groups excluding carboxylic acids is 2. The zero-order valence-electron chi connectivity index (χ0n) is 20.3. The number of amides is 1. The molecule has 1 amide bonds. The molecule has 1 aromatic carbocycles. The van der Waals surface area contributed by atoms with Crippen molar-refractivity contribution in [1.29, 1.82) is 0 Å². The van der Waals surface area contributed by atoms with Crippen molar-refractivity contribution in [2.75, 3.05) is 20.3 Å². The highest BCUT2D eigenvalue weighted by molar-refractivity contribution is 6.45. The molecule has 0 radical (unpaired) electrons. The lowest BCUT2D eigenvalue weighted by molar-refractivity contribution is -0.147. The number of methoxy groups -OCH3 is 1. The summed E-state index contributed by atoms with van der Waals surface area (Å²) in [6.07, 6.45) is 1.42. The molecule has 2 aliphatic rings. The van der Waals surface area contributed by atoms with Crippen LogP contribution in [0.25, 0.3) is 0 Å². The third-order valence-electron chi connectivity index (χ3n) is 7.17. The van der Waals surface area contributed by atoms with Gasteiger partial charge in [-0.2, -0.15) is 0 Å². The highest BCUT2D eigenvalue weighted by atomic mass is 16.7. The number of benzene rings is 1. The van der Waals surface area contributed by atoms with Crippen LogP contribution in [0.3, 0.4) is 0 Å². The molecule has 2 fully saturated rings. The van der Waals surface area contributed by atoms with Gasteiger partial charge >= 0.3 is 19.2 Å². The Bertz CT molecular complexity index is 800. The van der Waals surface area contributed by atoms with Gasteiger partial charge in [0.15, 0.2) is 0 Å². The maximum absolute atomic E-state index is 12.9. The first-order chi connectivity index (χ1) is 15.6. The molecule has 2 heterocycles. The largest absolute Gasteiger partial charge is 0.467 e. The number of aliphatic hydroxyl groups is 1. The molecule has 2 saturated heterocycles. The third-order valence-corrected chi connectivity index (χ3v) is 7.17. The smallest absolute Gasteiger partial charge is 0.457 e. The molecule has 0 aromatic heterocycles. The first-order valence-corrected chi connectivity index (χ1v) is 11.6. The Balaban J connectivity index is 1.63. The van der Waals surface area contributed by atoms with Crippen LogP contribution < -0.4 is 0 Å². The summed E-state index contributed by atoms with van der Waals surface area (Å²) in [4.78, 5) is 26.9. The molecule has 9 heteroatoms. The van der Waals surface area contributed by atoms with Gasteiger partial charge in [-0.15, -0.1) is 0 Å². The van der Waals surface area contributed by atoms with Crippen molar-refractivity contribution in [2.45, 2.75) is 70.7 Å². The Morgan fingerprint density at radius 2 is 1.79 bits per heavy atom. The number of aliphatic hydroxyl groups excluding tert-OH is 1. The van der Waals surface area contributed by atoms with Crippen molar-refractivity contribution < 1.29 is 33.5 Å². The van der Waals surface area contributed by atoms with Gasteiger partial charge in [-0.3, -0.25) is 4.90 Å². The third kappa shape index (κ3) is 5.70. The zero-order chi connectivity index (χ0) is 24.2. The summed E-state index contributed by atoms with van der Waals surface area (Å²) in [5.41, 5.74) is 0.0660. The van der Waals surface area contributed by atoms with Crippen LogP contribution in [0.2, 0.25) is 6.32 Å². The summed E-state index contributed by atoms with van der Waals surface area (Å²) in [5, 5.41) is 9.98. The monoisotopic (exact) mass is 461 g/mol. The maximum Gasteiger partial charge on any atom is 0.457 e. The Morgan fingerprint density at radius 1 is 1.15 bits per heavy atom. The van der Waals surface area contributed by atoms with Gasteiger partial charge in [0, 0.05) is 19.1 Å². The van der Waals surface area contributed by atoms with Crippen molar-refractivity contribution >= 4 is 19.2 Å². The highest BCUT2D eigenvalue weighted by Crippen LogP contribution is 2.39. The molecule has 1 aromatic rings. The Morgan fingerprint density at radius 3 is 2.36 bits per heavy atom. The number of ether oxygens (including phenoxy) is 2. The molecule has 0 aliphatic carbocycles. The van der Waals surface area contributed by atoms with E-state index < -0.39 is 29.3 Å². The zero-order valence-corrected chi connectivity index (χ0v) is 20.3. The highest BCUT2D eigenvalue weighted by Gasteiger charge is 2.51. The van der Waals surface area contributed by atoms with Crippen molar-refractivity contribution in [1.82, 2.24) is 4.90 Å². The molecular formula is C24H36BNO7. The lowest BCUT2D eigenvalue weighted by Gasteiger charge is -2.32.